The largest absolute Gasteiger partial charge is 0.858 e. The number of tetrazole rings is 1. The Hall–Kier alpha value is -2.09. The molecule has 120 valence electrons. The van der Waals surface area contributed by atoms with Crippen molar-refractivity contribution in [2.75, 3.05) is 13.4 Å². The summed E-state index contributed by atoms with van der Waals surface area (Å²) in [6.45, 7) is 4.38. The molecule has 22 heavy (non-hydrogen) atoms. The van der Waals surface area contributed by atoms with Gasteiger partial charge in [-0.1, -0.05) is 18.6 Å². The molecule has 0 atom stereocenters. The van der Waals surface area contributed by atoms with Gasteiger partial charge < -0.3 is 9.84 Å². The Morgan fingerprint density at radius 3 is 2.77 bits per heavy atom. The summed E-state index contributed by atoms with van der Waals surface area (Å²) in [7, 11) is 1.54. The maximum Gasteiger partial charge on any atom is 0.268 e. The van der Waals surface area contributed by atoms with Crippen LogP contribution in [0.15, 0.2) is 22.0 Å². The van der Waals surface area contributed by atoms with Gasteiger partial charge in [-0.05, 0) is 42.2 Å². The number of aromatic nitrogens is 4. The first-order valence-electron chi connectivity index (χ1n) is 6.36. The van der Waals surface area contributed by atoms with Crippen LogP contribution in [0.1, 0.15) is 25.5 Å². The van der Waals surface area contributed by atoms with E-state index in [4.69, 9.17) is 4.74 Å². The van der Waals surface area contributed by atoms with Crippen LogP contribution in [0.25, 0.3) is 0 Å². The Labute approximate surface area is 134 Å². The van der Waals surface area contributed by atoms with E-state index in [1.165, 1.54) is 16.4 Å². The van der Waals surface area contributed by atoms with Gasteiger partial charge >= 0.3 is 0 Å². The third-order valence-corrected chi connectivity index (χ3v) is 3.88. The van der Waals surface area contributed by atoms with Gasteiger partial charge in [-0.15, -0.1) is 11.8 Å². The minimum Gasteiger partial charge on any atom is -0.858 e. The fourth-order valence-corrected chi connectivity index (χ4v) is 2.69. The van der Waals surface area contributed by atoms with Crippen molar-refractivity contribution in [1.29, 1.82) is 0 Å². The molecule has 8 heteroatoms. The van der Waals surface area contributed by atoms with Crippen molar-refractivity contribution in [3.05, 3.63) is 23.3 Å². The number of aryl methyl sites for hydroxylation is 2. The third-order valence-electron chi connectivity index (χ3n) is 2.96. The molecule has 1 aromatic heterocycles. The molecule has 0 saturated heterocycles. The van der Waals surface area contributed by atoms with Crippen LogP contribution >= 0.6 is 11.8 Å². The minimum absolute atomic E-state index is 0. The number of hydrogen-bond acceptors (Lipinski definition) is 7. The Morgan fingerprint density at radius 2 is 2.18 bits per heavy atom. The number of nitrogens with zero attached hydrogens (tertiary/aromatic N) is 5. The first kappa shape index (κ1) is 18.0. The van der Waals surface area contributed by atoms with Crippen molar-refractivity contribution >= 4 is 23.6 Å². The number of methoxy groups -OCH3 is 1. The van der Waals surface area contributed by atoms with Crippen LogP contribution < -0.4 is 9.84 Å². The molecule has 0 saturated carbocycles. The lowest BCUT2D eigenvalue weighted by Gasteiger charge is -2.18. The van der Waals surface area contributed by atoms with Gasteiger partial charge in [-0.2, -0.15) is 0 Å². The van der Waals surface area contributed by atoms with Gasteiger partial charge in [0.15, 0.2) is 0 Å². The molecule has 2 aromatic rings. The van der Waals surface area contributed by atoms with Gasteiger partial charge in [0.05, 0.1) is 12.0 Å². The van der Waals surface area contributed by atoms with Crippen molar-refractivity contribution < 1.29 is 9.84 Å². The lowest BCUT2D eigenvalue weighted by atomic mass is 10.1. The molecule has 1 heterocycles. The lowest BCUT2D eigenvalue weighted by Crippen LogP contribution is -2.20. The zero-order valence-electron chi connectivity index (χ0n) is 12.3. The molecule has 2 rings (SSSR count). The van der Waals surface area contributed by atoms with E-state index in [9.17, 15) is 5.11 Å². The van der Waals surface area contributed by atoms with Gasteiger partial charge in [0.2, 0.25) is 0 Å². The fourth-order valence-electron chi connectivity index (χ4n) is 1.92. The zero-order chi connectivity index (χ0) is 15.4. The van der Waals surface area contributed by atoms with E-state index in [0.29, 0.717) is 17.9 Å². The Morgan fingerprint density at radius 1 is 1.45 bits per heavy atom. The smallest absolute Gasteiger partial charge is 0.268 e. The van der Waals surface area contributed by atoms with E-state index >= 15 is 0 Å². The molecular formula is C14H20N5O2S-. The summed E-state index contributed by atoms with van der Waals surface area (Å²) < 4.78 is 6.84. The van der Waals surface area contributed by atoms with Crippen LogP contribution in [0.5, 0.6) is 5.75 Å². The lowest BCUT2D eigenvalue weighted by molar-refractivity contribution is -0.212. The molecule has 1 aromatic carbocycles. The predicted molar refractivity (Wildman–Crippen MR) is 85.9 cm³/mol. The molecule has 0 unspecified atom stereocenters. The second-order valence-electron chi connectivity index (χ2n) is 4.21. The number of ether oxygens (including phenoxy) is 1. The van der Waals surface area contributed by atoms with Crippen LogP contribution in [-0.2, 0) is 6.54 Å². The summed E-state index contributed by atoms with van der Waals surface area (Å²) in [4.78, 5) is 4.90. The van der Waals surface area contributed by atoms with E-state index in [-0.39, 0.29) is 13.4 Å². The van der Waals surface area contributed by atoms with E-state index < -0.39 is 5.90 Å². The average molecular weight is 322 g/mol. The van der Waals surface area contributed by atoms with Crippen molar-refractivity contribution in [2.45, 2.75) is 32.7 Å². The molecule has 0 N–H and O–H groups in total. The Balaban J connectivity index is 0.00000242. The standard InChI is InChI=1S/C13H17N5O2S.CH4/c1-5-18-13(15-16-17-18)14-12(19)9-7-6-8(2)11(21-4)10(9)20-3;/h6-7H,5H2,1-4H3,(H,14,15,17,19);1H4/p-1. The normalized spacial score (nSPS) is 11.2. The van der Waals surface area contributed by atoms with E-state index in [0.717, 1.165) is 10.5 Å². The minimum atomic E-state index is -0.424. The SMILES string of the molecule is C.CCn1nnnc1N=C([O-])c1ccc(C)c(SC)c1OC. The monoisotopic (exact) mass is 322 g/mol. The summed E-state index contributed by atoms with van der Waals surface area (Å²) >= 11 is 1.53. The summed E-state index contributed by atoms with van der Waals surface area (Å²) in [5.74, 6) is 0.300. The maximum absolute atomic E-state index is 12.4. The molecule has 0 spiro atoms. The van der Waals surface area contributed by atoms with Gasteiger partial charge in [0.1, 0.15) is 5.75 Å². The highest BCUT2D eigenvalue weighted by Gasteiger charge is 2.12. The van der Waals surface area contributed by atoms with Crippen LogP contribution in [0, 0.1) is 6.92 Å². The van der Waals surface area contributed by atoms with Crippen LogP contribution in [0.3, 0.4) is 0 Å². The number of hydrogen-bond donors (Lipinski definition) is 0. The number of aliphatic imine (C=N–C) groups is 1. The van der Waals surface area contributed by atoms with Gasteiger partial charge in [-0.25, -0.2) is 9.67 Å². The first-order valence-corrected chi connectivity index (χ1v) is 7.58. The van der Waals surface area contributed by atoms with Gasteiger partial charge in [-0.3, -0.25) is 0 Å². The Kier molecular flexibility index (Phi) is 6.36. The van der Waals surface area contributed by atoms with E-state index in [1.807, 2.05) is 26.2 Å². The van der Waals surface area contributed by atoms with Gasteiger partial charge in [0.25, 0.3) is 5.95 Å². The summed E-state index contributed by atoms with van der Waals surface area (Å²) in [5, 5.41) is 23.4. The molecule has 0 aliphatic rings. The fraction of sp³-hybridized carbons (Fsp3) is 0.429. The molecule has 0 fully saturated rings. The van der Waals surface area contributed by atoms with Crippen LogP contribution in [-0.4, -0.2) is 39.5 Å². The van der Waals surface area contributed by atoms with Crippen LogP contribution in [0.2, 0.25) is 0 Å². The van der Waals surface area contributed by atoms with Crippen molar-refractivity contribution in [3.8, 4) is 5.75 Å². The maximum atomic E-state index is 12.4. The topological polar surface area (TPSA) is 88.2 Å². The molecular weight excluding hydrogens is 302 g/mol. The van der Waals surface area contributed by atoms with Crippen LogP contribution in [0.4, 0.5) is 5.95 Å². The highest BCUT2D eigenvalue weighted by molar-refractivity contribution is 7.98. The molecule has 0 radical (unpaired) electrons. The molecule has 0 aliphatic carbocycles. The summed E-state index contributed by atoms with van der Waals surface area (Å²) in [6, 6.07) is 3.58. The number of rotatable bonds is 5. The predicted octanol–water partition coefficient (Wildman–Crippen LogP) is 1.81. The number of benzene rings is 1. The highest BCUT2D eigenvalue weighted by atomic mass is 32.2. The molecule has 0 aliphatic heterocycles. The summed E-state index contributed by atoms with van der Waals surface area (Å²) in [5.41, 5.74) is 1.45. The highest BCUT2D eigenvalue weighted by Crippen LogP contribution is 2.34. The van der Waals surface area contributed by atoms with E-state index in [1.54, 1.807) is 13.2 Å². The van der Waals surface area contributed by atoms with E-state index in [2.05, 4.69) is 20.5 Å². The third kappa shape index (κ3) is 3.38. The molecule has 7 nitrogen and oxygen atoms in total. The zero-order valence-corrected chi connectivity index (χ0v) is 13.1. The molecule has 0 bridgehead atoms. The summed E-state index contributed by atoms with van der Waals surface area (Å²) in [6.07, 6.45) is 1.94. The van der Waals surface area contributed by atoms with Crippen molar-refractivity contribution in [3.63, 3.8) is 0 Å². The Bertz CT molecular complexity index is 669. The van der Waals surface area contributed by atoms with Crippen molar-refractivity contribution in [2.24, 2.45) is 4.99 Å². The van der Waals surface area contributed by atoms with Crippen molar-refractivity contribution in [1.82, 2.24) is 20.2 Å². The van der Waals surface area contributed by atoms with Gasteiger partial charge in [0, 0.05) is 18.0 Å². The number of thioether (sulfide) groups is 1. The quantitative estimate of drug-likeness (QED) is 0.474. The second-order valence-corrected chi connectivity index (χ2v) is 5.02. The average Bonchev–Trinajstić information content (AvgIpc) is 2.93. The first-order chi connectivity index (χ1) is 10.1. The second kappa shape index (κ2) is 7.79. The molecule has 0 amide bonds.